The minimum atomic E-state index is -0.711. The third kappa shape index (κ3) is 3.51. The summed E-state index contributed by atoms with van der Waals surface area (Å²) < 4.78 is 11.6. The molecule has 5 heteroatoms. The van der Waals surface area contributed by atoms with Gasteiger partial charge in [-0.15, -0.1) is 0 Å². The summed E-state index contributed by atoms with van der Waals surface area (Å²) in [6.07, 6.45) is 7.45. The Balaban J connectivity index is 1.79. The molecule has 2 saturated carbocycles. The molecular formula is C19H27NO4. The first-order valence-corrected chi connectivity index (χ1v) is 8.89. The fraction of sp³-hybridized carbons (Fsp3) is 0.632. The van der Waals surface area contributed by atoms with E-state index in [1.165, 1.54) is 12.8 Å². The van der Waals surface area contributed by atoms with E-state index in [9.17, 15) is 9.90 Å². The largest absolute Gasteiger partial charge is 0.493 e. The molecule has 2 aliphatic carbocycles. The van der Waals surface area contributed by atoms with Gasteiger partial charge in [0.25, 0.3) is 0 Å². The van der Waals surface area contributed by atoms with Crippen molar-refractivity contribution >= 4 is 5.97 Å². The van der Waals surface area contributed by atoms with Gasteiger partial charge in [-0.05, 0) is 69.1 Å². The Labute approximate surface area is 143 Å². The van der Waals surface area contributed by atoms with E-state index in [0.29, 0.717) is 25.7 Å². The van der Waals surface area contributed by atoms with Gasteiger partial charge in [0.1, 0.15) is 0 Å². The Morgan fingerprint density at radius 3 is 2.42 bits per heavy atom. The molecule has 0 bridgehead atoms. The molecule has 24 heavy (non-hydrogen) atoms. The molecule has 2 aliphatic rings. The Morgan fingerprint density at radius 1 is 1.17 bits per heavy atom. The zero-order chi connectivity index (χ0) is 17.2. The van der Waals surface area contributed by atoms with Crippen molar-refractivity contribution in [2.24, 2.45) is 11.7 Å². The first-order chi connectivity index (χ1) is 11.5. The smallest absolute Gasteiger partial charge is 0.306 e. The van der Waals surface area contributed by atoms with Crippen LogP contribution in [0.5, 0.6) is 11.5 Å². The lowest BCUT2D eigenvalue weighted by atomic mass is 9.73. The van der Waals surface area contributed by atoms with E-state index in [4.69, 9.17) is 15.2 Å². The van der Waals surface area contributed by atoms with E-state index < -0.39 is 11.5 Å². The monoisotopic (exact) mass is 333 g/mol. The van der Waals surface area contributed by atoms with Crippen LogP contribution in [0.2, 0.25) is 0 Å². The molecule has 0 aliphatic heterocycles. The summed E-state index contributed by atoms with van der Waals surface area (Å²) in [7, 11) is 1.65. The highest BCUT2D eigenvalue weighted by Gasteiger charge is 2.36. The molecule has 0 heterocycles. The van der Waals surface area contributed by atoms with Gasteiger partial charge in [0.2, 0.25) is 0 Å². The van der Waals surface area contributed by atoms with Crippen molar-refractivity contribution in [3.8, 4) is 11.5 Å². The predicted octanol–water partition coefficient (Wildman–Crippen LogP) is 3.45. The molecule has 0 unspecified atom stereocenters. The number of benzene rings is 1. The molecule has 1 aromatic rings. The quantitative estimate of drug-likeness (QED) is 0.862. The van der Waals surface area contributed by atoms with E-state index in [1.54, 1.807) is 7.11 Å². The van der Waals surface area contributed by atoms with Crippen molar-refractivity contribution in [2.45, 2.75) is 63.0 Å². The summed E-state index contributed by atoms with van der Waals surface area (Å²) in [5.41, 5.74) is 7.16. The highest BCUT2D eigenvalue weighted by atomic mass is 16.5. The van der Waals surface area contributed by atoms with Crippen molar-refractivity contribution in [1.29, 1.82) is 0 Å². The van der Waals surface area contributed by atoms with Crippen molar-refractivity contribution in [2.75, 3.05) is 7.11 Å². The molecule has 3 rings (SSSR count). The second-order valence-corrected chi connectivity index (χ2v) is 7.16. The normalized spacial score (nSPS) is 27.8. The maximum Gasteiger partial charge on any atom is 0.306 e. The minimum Gasteiger partial charge on any atom is -0.493 e. The molecule has 1 aromatic carbocycles. The van der Waals surface area contributed by atoms with E-state index in [0.717, 1.165) is 29.9 Å². The number of carbonyl (C=O) groups is 1. The van der Waals surface area contributed by atoms with Crippen LogP contribution in [0.3, 0.4) is 0 Å². The van der Waals surface area contributed by atoms with E-state index in [1.807, 2.05) is 18.2 Å². The lowest BCUT2D eigenvalue weighted by Crippen LogP contribution is -2.41. The first-order valence-electron chi connectivity index (χ1n) is 8.89. The fourth-order valence-electron chi connectivity index (χ4n) is 3.93. The van der Waals surface area contributed by atoms with Crippen LogP contribution in [0.1, 0.15) is 56.9 Å². The molecule has 5 nitrogen and oxygen atoms in total. The van der Waals surface area contributed by atoms with Gasteiger partial charge in [-0.3, -0.25) is 4.79 Å². The minimum absolute atomic E-state index is 0.255. The van der Waals surface area contributed by atoms with Gasteiger partial charge in [0.05, 0.1) is 19.1 Å². The SMILES string of the molecule is COc1ccc(C2(N)CCC(C(=O)O)CC2)cc1OC1CCCC1. The number of rotatable bonds is 5. The standard InChI is InChI=1S/C19H27NO4/c1-23-16-7-6-14(12-17(16)24-15-4-2-3-5-15)19(20)10-8-13(9-11-19)18(21)22/h6-7,12-13,15H,2-5,8-11,20H2,1H3,(H,21,22). The van der Waals surface area contributed by atoms with E-state index in [-0.39, 0.29) is 12.0 Å². The number of aliphatic carboxylic acids is 1. The number of carboxylic acid groups (broad SMARTS) is 1. The molecule has 0 saturated heterocycles. The number of methoxy groups -OCH3 is 1. The summed E-state index contributed by atoms with van der Waals surface area (Å²) >= 11 is 0. The van der Waals surface area contributed by atoms with Crippen LogP contribution in [0.25, 0.3) is 0 Å². The van der Waals surface area contributed by atoms with Gasteiger partial charge in [-0.25, -0.2) is 0 Å². The molecule has 0 radical (unpaired) electrons. The van der Waals surface area contributed by atoms with Gasteiger partial charge in [0.15, 0.2) is 11.5 Å². The van der Waals surface area contributed by atoms with Crippen LogP contribution < -0.4 is 15.2 Å². The van der Waals surface area contributed by atoms with Crippen LogP contribution in [0, 0.1) is 5.92 Å². The molecule has 0 aromatic heterocycles. The average molecular weight is 333 g/mol. The lowest BCUT2D eigenvalue weighted by molar-refractivity contribution is -0.143. The average Bonchev–Trinajstić information content (AvgIpc) is 3.08. The third-order valence-electron chi connectivity index (χ3n) is 5.56. The number of hydrogen-bond acceptors (Lipinski definition) is 4. The number of hydrogen-bond donors (Lipinski definition) is 2. The predicted molar refractivity (Wildman–Crippen MR) is 91.3 cm³/mol. The highest BCUT2D eigenvalue weighted by Crippen LogP contribution is 2.41. The van der Waals surface area contributed by atoms with Crippen molar-refractivity contribution in [3.63, 3.8) is 0 Å². The maximum atomic E-state index is 11.2. The van der Waals surface area contributed by atoms with E-state index >= 15 is 0 Å². The molecule has 0 amide bonds. The summed E-state index contributed by atoms with van der Waals surface area (Å²) in [4.78, 5) is 11.2. The summed E-state index contributed by atoms with van der Waals surface area (Å²) in [6.45, 7) is 0. The topological polar surface area (TPSA) is 81.8 Å². The Bertz CT molecular complexity index is 587. The number of carboxylic acids is 1. The van der Waals surface area contributed by atoms with Crippen molar-refractivity contribution in [1.82, 2.24) is 0 Å². The Morgan fingerprint density at radius 2 is 1.83 bits per heavy atom. The maximum absolute atomic E-state index is 11.2. The molecule has 2 fully saturated rings. The molecule has 0 spiro atoms. The van der Waals surface area contributed by atoms with Gasteiger partial charge in [-0.1, -0.05) is 6.07 Å². The van der Waals surface area contributed by atoms with E-state index in [2.05, 4.69) is 0 Å². The van der Waals surface area contributed by atoms with Crippen LogP contribution in [-0.4, -0.2) is 24.3 Å². The van der Waals surface area contributed by atoms with Gasteiger partial charge in [0, 0.05) is 5.54 Å². The van der Waals surface area contributed by atoms with Crippen LogP contribution >= 0.6 is 0 Å². The van der Waals surface area contributed by atoms with Gasteiger partial charge < -0.3 is 20.3 Å². The lowest BCUT2D eigenvalue weighted by Gasteiger charge is -2.36. The number of nitrogens with two attached hydrogens (primary N) is 1. The van der Waals surface area contributed by atoms with Crippen LogP contribution in [0.4, 0.5) is 0 Å². The van der Waals surface area contributed by atoms with Gasteiger partial charge in [-0.2, -0.15) is 0 Å². The fourth-order valence-corrected chi connectivity index (χ4v) is 3.93. The second-order valence-electron chi connectivity index (χ2n) is 7.16. The number of ether oxygens (including phenoxy) is 2. The Kier molecular flexibility index (Phi) is 4.99. The van der Waals surface area contributed by atoms with Crippen LogP contribution in [-0.2, 0) is 10.3 Å². The zero-order valence-corrected chi connectivity index (χ0v) is 14.3. The molecular weight excluding hydrogens is 306 g/mol. The highest BCUT2D eigenvalue weighted by molar-refractivity contribution is 5.70. The summed E-state index contributed by atoms with van der Waals surface area (Å²) in [5.74, 6) is 0.506. The molecule has 132 valence electrons. The van der Waals surface area contributed by atoms with Gasteiger partial charge >= 0.3 is 5.97 Å². The third-order valence-corrected chi connectivity index (χ3v) is 5.56. The van der Waals surface area contributed by atoms with Crippen LogP contribution in [0.15, 0.2) is 18.2 Å². The van der Waals surface area contributed by atoms with Crippen molar-refractivity contribution < 1.29 is 19.4 Å². The molecule has 0 atom stereocenters. The second kappa shape index (κ2) is 7.01. The zero-order valence-electron chi connectivity index (χ0n) is 14.3. The van der Waals surface area contributed by atoms with Crippen molar-refractivity contribution in [3.05, 3.63) is 23.8 Å². The Hall–Kier alpha value is -1.75. The first kappa shape index (κ1) is 17.1. The molecule has 3 N–H and O–H groups in total. The summed E-state index contributed by atoms with van der Waals surface area (Å²) in [5, 5.41) is 9.17. The summed E-state index contributed by atoms with van der Waals surface area (Å²) in [6, 6.07) is 5.90.